The quantitative estimate of drug-likeness (QED) is 0.804. The number of carbonyl (C=O) groups excluding carboxylic acids is 1. The average molecular weight is 323 g/mol. The molecule has 0 N–H and O–H groups in total. The SMILES string of the molecule is CCOC(=O)c1ccc(S(C)(=O)=O)c(-c2cc(C)no2)c1C. The minimum atomic E-state index is -3.49. The average Bonchev–Trinajstić information content (AvgIpc) is 2.83. The third-order valence-corrected chi connectivity index (χ3v) is 4.34. The Morgan fingerprint density at radius 1 is 1.32 bits per heavy atom. The van der Waals surface area contributed by atoms with Crippen LogP contribution in [0, 0.1) is 13.8 Å². The van der Waals surface area contributed by atoms with Crippen molar-refractivity contribution in [3.05, 3.63) is 35.0 Å². The molecule has 0 unspecified atom stereocenters. The third kappa shape index (κ3) is 3.04. The fourth-order valence-electron chi connectivity index (χ4n) is 2.21. The van der Waals surface area contributed by atoms with Crippen LogP contribution < -0.4 is 0 Å². The van der Waals surface area contributed by atoms with E-state index in [1.807, 2.05) is 0 Å². The normalized spacial score (nSPS) is 11.5. The van der Waals surface area contributed by atoms with Gasteiger partial charge in [-0.05, 0) is 38.5 Å². The van der Waals surface area contributed by atoms with E-state index in [9.17, 15) is 13.2 Å². The number of sulfone groups is 1. The summed E-state index contributed by atoms with van der Waals surface area (Å²) in [4.78, 5) is 12.1. The second-order valence-electron chi connectivity index (χ2n) is 4.94. The van der Waals surface area contributed by atoms with Crippen LogP contribution >= 0.6 is 0 Å². The first-order valence-corrected chi connectivity index (χ1v) is 8.59. The lowest BCUT2D eigenvalue weighted by Crippen LogP contribution is -2.10. The molecule has 0 aliphatic carbocycles. The number of aryl methyl sites for hydroxylation is 1. The summed E-state index contributed by atoms with van der Waals surface area (Å²) in [5.74, 6) is -0.195. The van der Waals surface area contributed by atoms with Crippen molar-refractivity contribution in [1.29, 1.82) is 0 Å². The predicted molar refractivity (Wildman–Crippen MR) is 80.5 cm³/mol. The molecule has 0 fully saturated rings. The van der Waals surface area contributed by atoms with Crippen LogP contribution in [-0.4, -0.2) is 32.4 Å². The van der Waals surface area contributed by atoms with E-state index < -0.39 is 15.8 Å². The third-order valence-electron chi connectivity index (χ3n) is 3.20. The number of benzene rings is 1. The molecule has 0 spiro atoms. The van der Waals surface area contributed by atoms with E-state index in [1.165, 1.54) is 12.1 Å². The van der Waals surface area contributed by atoms with E-state index in [1.54, 1.807) is 26.8 Å². The maximum absolute atomic E-state index is 12.0. The second-order valence-corrected chi connectivity index (χ2v) is 6.92. The zero-order valence-electron chi connectivity index (χ0n) is 12.8. The zero-order chi connectivity index (χ0) is 16.5. The molecule has 0 atom stereocenters. The topological polar surface area (TPSA) is 86.5 Å². The molecule has 0 bridgehead atoms. The summed E-state index contributed by atoms with van der Waals surface area (Å²) in [5.41, 5.74) is 1.75. The molecule has 22 heavy (non-hydrogen) atoms. The Labute approximate surface area is 129 Å². The Balaban J connectivity index is 2.75. The molecule has 7 heteroatoms. The van der Waals surface area contributed by atoms with Crippen LogP contribution in [-0.2, 0) is 14.6 Å². The number of rotatable bonds is 4. The zero-order valence-corrected chi connectivity index (χ0v) is 13.7. The minimum Gasteiger partial charge on any atom is -0.462 e. The van der Waals surface area contributed by atoms with Gasteiger partial charge in [-0.15, -0.1) is 0 Å². The van der Waals surface area contributed by atoms with Gasteiger partial charge in [-0.3, -0.25) is 0 Å². The molecule has 1 heterocycles. The molecule has 0 saturated heterocycles. The van der Waals surface area contributed by atoms with Crippen molar-refractivity contribution in [1.82, 2.24) is 5.16 Å². The molecule has 6 nitrogen and oxygen atoms in total. The van der Waals surface area contributed by atoms with E-state index in [4.69, 9.17) is 9.26 Å². The molecule has 0 aliphatic rings. The first-order valence-electron chi connectivity index (χ1n) is 6.70. The van der Waals surface area contributed by atoms with Crippen molar-refractivity contribution in [2.24, 2.45) is 0 Å². The molecule has 0 saturated carbocycles. The van der Waals surface area contributed by atoms with Crippen LogP contribution in [0.5, 0.6) is 0 Å². The number of esters is 1. The molecule has 118 valence electrons. The number of hydrogen-bond donors (Lipinski definition) is 0. The van der Waals surface area contributed by atoms with Crippen LogP contribution in [0.1, 0.15) is 28.5 Å². The highest BCUT2D eigenvalue weighted by Crippen LogP contribution is 2.33. The van der Waals surface area contributed by atoms with E-state index >= 15 is 0 Å². The predicted octanol–water partition coefficient (Wildman–Crippen LogP) is 2.54. The molecule has 1 aromatic carbocycles. The Bertz CT molecular complexity index is 820. The Hall–Kier alpha value is -2.15. The van der Waals surface area contributed by atoms with E-state index in [2.05, 4.69) is 5.16 Å². The maximum Gasteiger partial charge on any atom is 0.338 e. The second kappa shape index (κ2) is 5.92. The van der Waals surface area contributed by atoms with E-state index in [0.717, 1.165) is 6.26 Å². The summed E-state index contributed by atoms with van der Waals surface area (Å²) < 4.78 is 34.2. The van der Waals surface area contributed by atoms with Gasteiger partial charge in [-0.25, -0.2) is 13.2 Å². The molecule has 2 rings (SSSR count). The Kier molecular flexibility index (Phi) is 4.37. The van der Waals surface area contributed by atoms with Gasteiger partial charge in [0, 0.05) is 17.9 Å². The smallest absolute Gasteiger partial charge is 0.338 e. The summed E-state index contributed by atoms with van der Waals surface area (Å²) in [6.07, 6.45) is 1.11. The van der Waals surface area contributed by atoms with Crippen molar-refractivity contribution in [3.8, 4) is 11.3 Å². The first-order chi connectivity index (χ1) is 10.3. The van der Waals surface area contributed by atoms with Crippen molar-refractivity contribution in [2.45, 2.75) is 25.7 Å². The summed E-state index contributed by atoms with van der Waals surface area (Å²) in [6, 6.07) is 4.48. The van der Waals surface area contributed by atoms with Gasteiger partial charge in [0.05, 0.1) is 22.8 Å². The number of hydrogen-bond acceptors (Lipinski definition) is 6. The number of aromatic nitrogens is 1. The van der Waals surface area contributed by atoms with Gasteiger partial charge in [0.15, 0.2) is 15.6 Å². The van der Waals surface area contributed by atoms with Gasteiger partial charge in [-0.1, -0.05) is 5.16 Å². The number of nitrogens with zero attached hydrogens (tertiary/aromatic N) is 1. The van der Waals surface area contributed by atoms with Crippen LogP contribution in [0.3, 0.4) is 0 Å². The van der Waals surface area contributed by atoms with Gasteiger partial charge in [0.25, 0.3) is 0 Å². The molecular formula is C15H17NO5S. The Morgan fingerprint density at radius 3 is 2.50 bits per heavy atom. The van der Waals surface area contributed by atoms with Crippen molar-refractivity contribution >= 4 is 15.8 Å². The van der Waals surface area contributed by atoms with Gasteiger partial charge in [-0.2, -0.15) is 0 Å². The van der Waals surface area contributed by atoms with Gasteiger partial charge >= 0.3 is 5.97 Å². The number of ether oxygens (including phenoxy) is 1. The highest BCUT2D eigenvalue weighted by atomic mass is 32.2. The minimum absolute atomic E-state index is 0.0919. The Morgan fingerprint density at radius 2 is 2.00 bits per heavy atom. The van der Waals surface area contributed by atoms with Crippen LogP contribution in [0.25, 0.3) is 11.3 Å². The molecule has 0 aliphatic heterocycles. The summed E-state index contributed by atoms with van der Waals surface area (Å²) in [7, 11) is -3.49. The molecular weight excluding hydrogens is 306 g/mol. The molecule has 1 aromatic heterocycles. The lowest BCUT2D eigenvalue weighted by atomic mass is 10.0. The highest BCUT2D eigenvalue weighted by molar-refractivity contribution is 7.90. The van der Waals surface area contributed by atoms with Crippen molar-refractivity contribution in [3.63, 3.8) is 0 Å². The largest absolute Gasteiger partial charge is 0.462 e. The van der Waals surface area contributed by atoms with E-state index in [-0.39, 0.29) is 11.5 Å². The van der Waals surface area contributed by atoms with Crippen LogP contribution in [0.4, 0.5) is 0 Å². The fourth-order valence-corrected chi connectivity index (χ4v) is 3.15. The summed E-state index contributed by atoms with van der Waals surface area (Å²) >= 11 is 0. The highest BCUT2D eigenvalue weighted by Gasteiger charge is 2.24. The lowest BCUT2D eigenvalue weighted by Gasteiger charge is -2.12. The first kappa shape index (κ1) is 16.2. The van der Waals surface area contributed by atoms with Gasteiger partial charge < -0.3 is 9.26 Å². The van der Waals surface area contributed by atoms with E-state index in [0.29, 0.717) is 28.1 Å². The monoisotopic (exact) mass is 323 g/mol. The fraction of sp³-hybridized carbons (Fsp3) is 0.333. The molecule has 0 radical (unpaired) electrons. The molecule has 0 amide bonds. The maximum atomic E-state index is 12.0. The van der Waals surface area contributed by atoms with Crippen LogP contribution in [0.15, 0.2) is 27.6 Å². The van der Waals surface area contributed by atoms with Crippen molar-refractivity contribution in [2.75, 3.05) is 12.9 Å². The van der Waals surface area contributed by atoms with Crippen LogP contribution in [0.2, 0.25) is 0 Å². The van der Waals surface area contributed by atoms with Crippen molar-refractivity contribution < 1.29 is 22.5 Å². The number of carbonyl (C=O) groups is 1. The lowest BCUT2D eigenvalue weighted by molar-refractivity contribution is 0.0525. The van der Waals surface area contributed by atoms with Gasteiger partial charge in [0.2, 0.25) is 0 Å². The molecule has 2 aromatic rings. The standard InChI is InChI=1S/C15H17NO5S/c1-5-20-15(17)11-6-7-13(22(4,18)19)14(10(11)3)12-8-9(2)16-21-12/h6-8H,5H2,1-4H3. The van der Waals surface area contributed by atoms with Gasteiger partial charge in [0.1, 0.15) is 0 Å². The summed E-state index contributed by atoms with van der Waals surface area (Å²) in [5, 5.41) is 3.78. The summed E-state index contributed by atoms with van der Waals surface area (Å²) in [6.45, 7) is 5.34.